The Morgan fingerprint density at radius 3 is 2.40 bits per heavy atom. The quantitative estimate of drug-likeness (QED) is 0.526. The average Bonchev–Trinajstić information content (AvgIpc) is 2.79. The third-order valence-corrected chi connectivity index (χ3v) is 5.11. The molecule has 7 heteroatoms. The van der Waals surface area contributed by atoms with Gasteiger partial charge in [-0.15, -0.1) is 11.6 Å². The molecule has 5 nitrogen and oxygen atoms in total. The van der Waals surface area contributed by atoms with Gasteiger partial charge < -0.3 is 5.32 Å². The third-order valence-electron chi connectivity index (χ3n) is 4.56. The fourth-order valence-corrected chi connectivity index (χ4v) is 3.51. The maximum absolute atomic E-state index is 13.3. The molecule has 0 aliphatic carbocycles. The first-order valence-corrected chi connectivity index (χ1v) is 10.4. The van der Waals surface area contributed by atoms with Crippen LogP contribution in [0.4, 0.5) is 5.69 Å². The van der Waals surface area contributed by atoms with Crippen LogP contribution in [0.3, 0.4) is 0 Å². The summed E-state index contributed by atoms with van der Waals surface area (Å²) in [7, 11) is 0. The highest BCUT2D eigenvalue weighted by Gasteiger charge is 2.33. The van der Waals surface area contributed by atoms with Gasteiger partial charge in [-0.3, -0.25) is 19.5 Å². The summed E-state index contributed by atoms with van der Waals surface area (Å²) in [5.41, 5.74) is 2.08. The largest absolute Gasteiger partial charge is 0.354 e. The van der Waals surface area contributed by atoms with Crippen LogP contribution < -0.4 is 10.2 Å². The average molecular weight is 442 g/mol. The van der Waals surface area contributed by atoms with Gasteiger partial charge in [0, 0.05) is 24.5 Å². The van der Waals surface area contributed by atoms with Crippen molar-refractivity contribution in [3.05, 3.63) is 95.3 Å². The van der Waals surface area contributed by atoms with E-state index < -0.39 is 11.9 Å². The van der Waals surface area contributed by atoms with E-state index in [-0.39, 0.29) is 11.8 Å². The molecule has 1 atom stereocenters. The van der Waals surface area contributed by atoms with Gasteiger partial charge >= 0.3 is 0 Å². The number of nitrogens with zero attached hydrogens (tertiary/aromatic N) is 2. The number of para-hydroxylation sites is 1. The maximum Gasteiger partial charge on any atom is 0.247 e. The fraction of sp³-hybridized carbons (Fsp3) is 0.174. The van der Waals surface area contributed by atoms with E-state index in [1.807, 2.05) is 30.3 Å². The number of carbonyl (C=O) groups is 2. The molecule has 0 spiro atoms. The van der Waals surface area contributed by atoms with Crippen molar-refractivity contribution < 1.29 is 9.59 Å². The molecule has 154 valence electrons. The van der Waals surface area contributed by atoms with E-state index in [2.05, 4.69) is 10.3 Å². The highest BCUT2D eigenvalue weighted by molar-refractivity contribution is 6.35. The number of alkyl halides is 1. The van der Waals surface area contributed by atoms with Crippen LogP contribution in [0.5, 0.6) is 0 Å². The molecule has 0 fully saturated rings. The molecule has 2 amide bonds. The molecular formula is C23H21Cl2N3O2. The van der Waals surface area contributed by atoms with Gasteiger partial charge in [0.25, 0.3) is 0 Å². The van der Waals surface area contributed by atoms with Crippen LogP contribution in [-0.2, 0) is 16.0 Å². The van der Waals surface area contributed by atoms with Gasteiger partial charge in [0.2, 0.25) is 11.8 Å². The first-order valence-electron chi connectivity index (χ1n) is 9.46. The molecule has 30 heavy (non-hydrogen) atoms. The van der Waals surface area contributed by atoms with Gasteiger partial charge in [-0.1, -0.05) is 60.1 Å². The Balaban J connectivity index is 1.91. The van der Waals surface area contributed by atoms with E-state index in [0.29, 0.717) is 29.2 Å². The fourth-order valence-electron chi connectivity index (χ4n) is 3.16. The van der Waals surface area contributed by atoms with Crippen LogP contribution >= 0.6 is 23.2 Å². The van der Waals surface area contributed by atoms with Crippen LogP contribution in [0.25, 0.3) is 0 Å². The normalized spacial score (nSPS) is 11.5. The molecule has 3 rings (SSSR count). The molecule has 0 bridgehead atoms. The Bertz CT molecular complexity index is 984. The molecular weight excluding hydrogens is 421 g/mol. The van der Waals surface area contributed by atoms with Crippen molar-refractivity contribution >= 4 is 40.7 Å². The molecule has 3 aromatic rings. The lowest BCUT2D eigenvalue weighted by atomic mass is 10.0. The summed E-state index contributed by atoms with van der Waals surface area (Å²) in [5, 5.41) is 3.28. The predicted octanol–water partition coefficient (Wildman–Crippen LogP) is 4.41. The highest BCUT2D eigenvalue weighted by Crippen LogP contribution is 2.33. The van der Waals surface area contributed by atoms with Crippen molar-refractivity contribution in [3.8, 4) is 0 Å². The van der Waals surface area contributed by atoms with Crippen molar-refractivity contribution in [1.82, 2.24) is 10.3 Å². The number of rotatable bonds is 8. The SMILES string of the molecule is O=C(NCCc1ccccc1)[C@@H](c1cccnc1)N(C(=O)CCl)c1ccccc1Cl. The summed E-state index contributed by atoms with van der Waals surface area (Å²) in [6.07, 6.45) is 3.84. The molecule has 1 heterocycles. The Morgan fingerprint density at radius 2 is 1.73 bits per heavy atom. The standard InChI is InChI=1S/C23H21Cl2N3O2/c24-15-21(29)28(20-11-5-4-10-19(20)25)22(18-9-6-13-26-16-18)23(30)27-14-12-17-7-2-1-3-8-17/h1-11,13,16,22H,12,14-15H2,(H,27,30)/t22-/m1/s1. The number of anilines is 1. The smallest absolute Gasteiger partial charge is 0.247 e. The number of benzene rings is 2. The van der Waals surface area contributed by atoms with Crippen LogP contribution in [0, 0.1) is 0 Å². The molecule has 2 aromatic carbocycles. The summed E-state index contributed by atoms with van der Waals surface area (Å²) in [5.74, 6) is -1.06. The Hall–Kier alpha value is -2.89. The Labute approximate surface area is 185 Å². The van der Waals surface area contributed by atoms with Crippen LogP contribution in [0.1, 0.15) is 17.2 Å². The number of amides is 2. The van der Waals surface area contributed by atoms with Gasteiger partial charge in [-0.2, -0.15) is 0 Å². The van der Waals surface area contributed by atoms with Crippen molar-refractivity contribution in [2.45, 2.75) is 12.5 Å². The molecule has 0 saturated carbocycles. The summed E-state index contributed by atoms with van der Waals surface area (Å²) in [4.78, 5) is 31.5. The first-order chi connectivity index (χ1) is 14.6. The summed E-state index contributed by atoms with van der Waals surface area (Å²) in [6, 6.07) is 19.2. The number of halogens is 2. The summed E-state index contributed by atoms with van der Waals surface area (Å²) in [6.45, 7) is 0.422. The van der Waals surface area contributed by atoms with E-state index >= 15 is 0 Å². The van der Waals surface area contributed by atoms with Crippen LogP contribution in [-0.4, -0.2) is 29.2 Å². The Morgan fingerprint density at radius 1 is 1.00 bits per heavy atom. The molecule has 1 aromatic heterocycles. The van der Waals surface area contributed by atoms with Crippen molar-refractivity contribution in [3.63, 3.8) is 0 Å². The second-order valence-corrected chi connectivity index (χ2v) is 7.24. The topological polar surface area (TPSA) is 62.3 Å². The molecule has 0 aliphatic heterocycles. The van der Waals surface area contributed by atoms with Crippen molar-refractivity contribution in [2.24, 2.45) is 0 Å². The van der Waals surface area contributed by atoms with Crippen LogP contribution in [0.2, 0.25) is 5.02 Å². The molecule has 0 unspecified atom stereocenters. The van der Waals surface area contributed by atoms with E-state index in [4.69, 9.17) is 23.2 Å². The van der Waals surface area contributed by atoms with Crippen LogP contribution in [0.15, 0.2) is 79.1 Å². The number of hydrogen-bond donors (Lipinski definition) is 1. The minimum atomic E-state index is -0.958. The number of nitrogens with one attached hydrogen (secondary N) is 1. The van der Waals surface area contributed by atoms with Crippen molar-refractivity contribution in [1.29, 1.82) is 0 Å². The second-order valence-electron chi connectivity index (χ2n) is 6.56. The zero-order valence-electron chi connectivity index (χ0n) is 16.2. The van der Waals surface area contributed by atoms with Gasteiger partial charge in [-0.05, 0) is 30.2 Å². The number of pyridine rings is 1. The van der Waals surface area contributed by atoms with E-state index in [1.54, 1.807) is 48.8 Å². The lowest BCUT2D eigenvalue weighted by molar-refractivity contribution is -0.125. The molecule has 0 aliphatic rings. The molecule has 0 radical (unpaired) electrons. The van der Waals surface area contributed by atoms with E-state index in [1.165, 1.54) is 4.90 Å². The number of aromatic nitrogens is 1. The zero-order chi connectivity index (χ0) is 21.3. The summed E-state index contributed by atoms with van der Waals surface area (Å²) >= 11 is 12.2. The highest BCUT2D eigenvalue weighted by atomic mass is 35.5. The Kier molecular flexibility index (Phi) is 7.82. The van der Waals surface area contributed by atoms with Crippen molar-refractivity contribution in [2.75, 3.05) is 17.3 Å². The van der Waals surface area contributed by atoms with Gasteiger partial charge in [0.1, 0.15) is 11.9 Å². The van der Waals surface area contributed by atoms with Gasteiger partial charge in [0.05, 0.1) is 10.7 Å². The number of hydrogen-bond acceptors (Lipinski definition) is 3. The lowest BCUT2D eigenvalue weighted by Gasteiger charge is -2.31. The lowest BCUT2D eigenvalue weighted by Crippen LogP contribution is -2.45. The maximum atomic E-state index is 13.3. The molecule has 0 saturated heterocycles. The monoisotopic (exact) mass is 441 g/mol. The predicted molar refractivity (Wildman–Crippen MR) is 120 cm³/mol. The van der Waals surface area contributed by atoms with E-state index in [0.717, 1.165) is 5.56 Å². The third kappa shape index (κ3) is 5.38. The van der Waals surface area contributed by atoms with Gasteiger partial charge in [-0.25, -0.2) is 0 Å². The first kappa shape index (κ1) is 21.8. The molecule has 1 N–H and O–H groups in total. The second kappa shape index (κ2) is 10.8. The zero-order valence-corrected chi connectivity index (χ0v) is 17.7. The minimum Gasteiger partial charge on any atom is -0.354 e. The minimum absolute atomic E-state index is 0.292. The number of carbonyl (C=O) groups excluding carboxylic acids is 2. The van der Waals surface area contributed by atoms with E-state index in [9.17, 15) is 9.59 Å². The summed E-state index contributed by atoms with van der Waals surface area (Å²) < 4.78 is 0. The van der Waals surface area contributed by atoms with Gasteiger partial charge in [0.15, 0.2) is 0 Å².